The quantitative estimate of drug-likeness (QED) is 0.364. The molecule has 1 unspecified atom stereocenters. The highest BCUT2D eigenvalue weighted by Crippen LogP contribution is 2.29. The number of likely N-dealkylation sites (tertiary alicyclic amines) is 1. The van der Waals surface area contributed by atoms with Crippen LogP contribution in [-0.4, -0.2) is 57.2 Å². The predicted octanol–water partition coefficient (Wildman–Crippen LogP) is 3.10. The molecule has 0 radical (unpaired) electrons. The average Bonchev–Trinajstić information content (AvgIpc) is 2.67. The highest BCUT2D eigenvalue weighted by atomic mass is 127. The second-order valence-corrected chi connectivity index (χ2v) is 6.38. The van der Waals surface area contributed by atoms with Gasteiger partial charge in [0.15, 0.2) is 17.5 Å². The van der Waals surface area contributed by atoms with Gasteiger partial charge in [-0.05, 0) is 38.3 Å². The second kappa shape index (κ2) is 11.9. The van der Waals surface area contributed by atoms with Gasteiger partial charge in [0.1, 0.15) is 0 Å². The zero-order chi connectivity index (χ0) is 18.9. The monoisotopic (exact) mass is 490 g/mol. The summed E-state index contributed by atoms with van der Waals surface area (Å²) in [6, 6.07) is 5.90. The molecule has 27 heavy (non-hydrogen) atoms. The van der Waals surface area contributed by atoms with E-state index >= 15 is 0 Å². The Morgan fingerprint density at radius 1 is 1.26 bits per heavy atom. The van der Waals surface area contributed by atoms with E-state index in [4.69, 9.17) is 9.47 Å². The number of carbonyl (C=O) groups is 1. The summed E-state index contributed by atoms with van der Waals surface area (Å²) in [4.78, 5) is 18.6. The van der Waals surface area contributed by atoms with E-state index in [1.165, 1.54) is 6.42 Å². The van der Waals surface area contributed by atoms with Crippen LogP contribution in [0.3, 0.4) is 0 Å². The minimum absolute atomic E-state index is 0. The van der Waals surface area contributed by atoms with Crippen LogP contribution in [0.25, 0.3) is 0 Å². The van der Waals surface area contributed by atoms with E-state index in [-0.39, 0.29) is 29.9 Å². The maximum absolute atomic E-state index is 12.4. The molecule has 1 aliphatic heterocycles. The SMILES string of the molecule is CN=C(NCCC(=O)N1CCCCC1C)Nc1ccc(OC)c(OC)c1.I. The number of hydrogen-bond acceptors (Lipinski definition) is 4. The van der Waals surface area contributed by atoms with Gasteiger partial charge in [-0.15, -0.1) is 24.0 Å². The molecule has 0 aliphatic carbocycles. The number of guanidine groups is 1. The Balaban J connectivity index is 0.00000364. The molecule has 152 valence electrons. The number of amides is 1. The molecule has 7 nitrogen and oxygen atoms in total. The molecule has 1 amide bonds. The Kier molecular flexibility index (Phi) is 10.3. The van der Waals surface area contributed by atoms with Gasteiger partial charge in [-0.25, -0.2) is 0 Å². The predicted molar refractivity (Wildman–Crippen MR) is 120 cm³/mol. The third kappa shape index (κ3) is 6.75. The summed E-state index contributed by atoms with van der Waals surface area (Å²) >= 11 is 0. The molecule has 0 spiro atoms. The number of carbonyl (C=O) groups excluding carboxylic acids is 1. The molecule has 1 atom stereocenters. The number of methoxy groups -OCH3 is 2. The molecule has 0 aromatic heterocycles. The van der Waals surface area contributed by atoms with Crippen LogP contribution >= 0.6 is 24.0 Å². The number of halogens is 1. The van der Waals surface area contributed by atoms with E-state index in [1.807, 2.05) is 23.1 Å². The smallest absolute Gasteiger partial charge is 0.224 e. The van der Waals surface area contributed by atoms with Crippen molar-refractivity contribution in [1.29, 1.82) is 0 Å². The van der Waals surface area contributed by atoms with Crippen molar-refractivity contribution in [3.63, 3.8) is 0 Å². The van der Waals surface area contributed by atoms with Crippen molar-refractivity contribution in [3.05, 3.63) is 18.2 Å². The number of ether oxygens (including phenoxy) is 2. The summed E-state index contributed by atoms with van der Waals surface area (Å²) in [6.07, 6.45) is 3.87. The first-order chi connectivity index (χ1) is 12.6. The third-order valence-electron chi connectivity index (χ3n) is 4.62. The average molecular weight is 490 g/mol. The fourth-order valence-electron chi connectivity index (χ4n) is 3.13. The van der Waals surface area contributed by atoms with Gasteiger partial charge >= 0.3 is 0 Å². The van der Waals surface area contributed by atoms with Crippen LogP contribution < -0.4 is 20.1 Å². The number of anilines is 1. The number of nitrogens with zero attached hydrogens (tertiary/aromatic N) is 2. The van der Waals surface area contributed by atoms with Gasteiger partial charge in [0.2, 0.25) is 5.91 Å². The first kappa shape index (κ1) is 23.3. The Hall–Kier alpha value is -1.71. The van der Waals surface area contributed by atoms with E-state index in [9.17, 15) is 4.79 Å². The highest BCUT2D eigenvalue weighted by Gasteiger charge is 2.22. The topological polar surface area (TPSA) is 75.2 Å². The first-order valence-corrected chi connectivity index (χ1v) is 9.08. The Bertz CT molecular complexity index is 639. The van der Waals surface area contributed by atoms with Crippen LogP contribution in [0, 0.1) is 0 Å². The molecule has 0 saturated carbocycles. The normalized spacial score (nSPS) is 17.0. The van der Waals surface area contributed by atoms with E-state index < -0.39 is 0 Å². The minimum atomic E-state index is 0. The summed E-state index contributed by atoms with van der Waals surface area (Å²) in [7, 11) is 4.90. The standard InChI is InChI=1S/C19H30N4O3.HI/c1-14-7-5-6-12-23(14)18(24)10-11-21-19(20-2)22-15-8-9-16(25-3)17(13-15)26-4;/h8-9,13-14H,5-7,10-12H2,1-4H3,(H2,20,21,22);1H. The van der Waals surface area contributed by atoms with Crippen LogP contribution in [0.4, 0.5) is 5.69 Å². The van der Waals surface area contributed by atoms with Gasteiger partial charge in [-0.2, -0.15) is 0 Å². The van der Waals surface area contributed by atoms with Crippen molar-refractivity contribution < 1.29 is 14.3 Å². The summed E-state index contributed by atoms with van der Waals surface area (Å²) in [5, 5.41) is 6.38. The van der Waals surface area contributed by atoms with E-state index in [0.29, 0.717) is 36.5 Å². The molecular formula is C19H31IN4O3. The summed E-state index contributed by atoms with van der Waals surface area (Å²) in [5.74, 6) is 2.12. The maximum atomic E-state index is 12.4. The van der Waals surface area contributed by atoms with Crippen LogP contribution in [-0.2, 0) is 4.79 Å². The lowest BCUT2D eigenvalue weighted by Crippen LogP contribution is -2.43. The lowest BCUT2D eigenvalue weighted by atomic mass is 10.0. The van der Waals surface area contributed by atoms with Crippen LogP contribution in [0.1, 0.15) is 32.6 Å². The van der Waals surface area contributed by atoms with E-state index in [1.54, 1.807) is 21.3 Å². The van der Waals surface area contributed by atoms with Crippen molar-refractivity contribution >= 4 is 41.5 Å². The molecule has 1 saturated heterocycles. The lowest BCUT2D eigenvalue weighted by Gasteiger charge is -2.33. The Morgan fingerprint density at radius 3 is 2.63 bits per heavy atom. The van der Waals surface area contributed by atoms with Gasteiger partial charge in [0.05, 0.1) is 14.2 Å². The number of hydrogen-bond donors (Lipinski definition) is 2. The van der Waals surface area contributed by atoms with Gasteiger partial charge in [-0.1, -0.05) is 0 Å². The second-order valence-electron chi connectivity index (χ2n) is 6.38. The molecule has 2 rings (SSSR count). The van der Waals surface area contributed by atoms with Crippen molar-refractivity contribution in [2.45, 2.75) is 38.6 Å². The maximum Gasteiger partial charge on any atom is 0.224 e. The van der Waals surface area contributed by atoms with Crippen molar-refractivity contribution in [2.24, 2.45) is 4.99 Å². The molecule has 1 aliphatic rings. The molecular weight excluding hydrogens is 459 g/mol. The fourth-order valence-corrected chi connectivity index (χ4v) is 3.13. The zero-order valence-corrected chi connectivity index (χ0v) is 18.9. The van der Waals surface area contributed by atoms with Gasteiger partial charge in [0, 0.05) is 44.4 Å². The minimum Gasteiger partial charge on any atom is -0.493 e. The molecule has 8 heteroatoms. The van der Waals surface area contributed by atoms with Gasteiger partial charge < -0.3 is 25.0 Å². The molecule has 0 bridgehead atoms. The largest absolute Gasteiger partial charge is 0.493 e. The first-order valence-electron chi connectivity index (χ1n) is 9.08. The number of piperidine rings is 1. The van der Waals surface area contributed by atoms with Crippen LogP contribution in [0.2, 0.25) is 0 Å². The third-order valence-corrected chi connectivity index (χ3v) is 4.62. The zero-order valence-electron chi connectivity index (χ0n) is 16.6. The van der Waals surface area contributed by atoms with Crippen LogP contribution in [0.15, 0.2) is 23.2 Å². The summed E-state index contributed by atoms with van der Waals surface area (Å²) in [6.45, 7) is 3.54. The Morgan fingerprint density at radius 2 is 2.00 bits per heavy atom. The summed E-state index contributed by atoms with van der Waals surface area (Å²) < 4.78 is 10.5. The number of nitrogens with one attached hydrogen (secondary N) is 2. The molecule has 1 aromatic carbocycles. The van der Waals surface area contributed by atoms with Crippen molar-refractivity contribution in [1.82, 2.24) is 10.2 Å². The lowest BCUT2D eigenvalue weighted by molar-refractivity contribution is -0.134. The molecule has 1 heterocycles. The number of benzene rings is 1. The van der Waals surface area contributed by atoms with Gasteiger partial charge in [0.25, 0.3) is 0 Å². The highest BCUT2D eigenvalue weighted by molar-refractivity contribution is 14.0. The Labute approximate surface area is 178 Å². The molecule has 1 aromatic rings. The van der Waals surface area contributed by atoms with E-state index in [2.05, 4.69) is 22.5 Å². The van der Waals surface area contributed by atoms with Gasteiger partial charge in [-0.3, -0.25) is 9.79 Å². The van der Waals surface area contributed by atoms with Crippen LogP contribution in [0.5, 0.6) is 11.5 Å². The van der Waals surface area contributed by atoms with Crippen molar-refractivity contribution in [2.75, 3.05) is 39.7 Å². The molecule has 1 fully saturated rings. The fraction of sp³-hybridized carbons (Fsp3) is 0.579. The van der Waals surface area contributed by atoms with Crippen molar-refractivity contribution in [3.8, 4) is 11.5 Å². The number of aliphatic imine (C=N–C) groups is 1. The molecule has 2 N–H and O–H groups in total. The number of rotatable bonds is 6. The summed E-state index contributed by atoms with van der Waals surface area (Å²) in [5.41, 5.74) is 0.826. The van der Waals surface area contributed by atoms with E-state index in [0.717, 1.165) is 25.1 Å².